The number of hydrogen-bond donors (Lipinski definition) is 1. The molecule has 1 aromatic carbocycles. The van der Waals surface area contributed by atoms with Gasteiger partial charge in [-0.25, -0.2) is 13.1 Å². The third-order valence-electron chi connectivity index (χ3n) is 4.66. The number of hydrogen-bond acceptors (Lipinski definition) is 4. The van der Waals surface area contributed by atoms with E-state index < -0.39 is 10.0 Å². The largest absolute Gasteiger partial charge is 0.311 e. The van der Waals surface area contributed by atoms with E-state index in [2.05, 4.69) is 39.4 Å². The van der Waals surface area contributed by atoms with Crippen molar-refractivity contribution in [3.8, 4) is 0 Å². The van der Waals surface area contributed by atoms with Crippen LogP contribution in [0.5, 0.6) is 0 Å². The molecule has 1 amide bonds. The lowest BCUT2D eigenvalue weighted by atomic mass is 10.2. The molecule has 0 radical (unpaired) electrons. The summed E-state index contributed by atoms with van der Waals surface area (Å²) in [5.41, 5.74) is 1.40. The van der Waals surface area contributed by atoms with Crippen LogP contribution in [0.3, 0.4) is 0 Å². The molecular weight excluding hydrogens is 418 g/mol. The van der Waals surface area contributed by atoms with Gasteiger partial charge >= 0.3 is 0 Å². The molecule has 0 aromatic heterocycles. The maximum Gasteiger partial charge on any atom is 0.242 e. The van der Waals surface area contributed by atoms with Crippen LogP contribution in [0.1, 0.15) is 39.2 Å². The zero-order valence-electron chi connectivity index (χ0n) is 15.7. The van der Waals surface area contributed by atoms with Crippen molar-refractivity contribution in [2.45, 2.75) is 44.9 Å². The number of nitrogens with zero attached hydrogens (tertiary/aromatic N) is 2. The van der Waals surface area contributed by atoms with Gasteiger partial charge in [0.25, 0.3) is 0 Å². The summed E-state index contributed by atoms with van der Waals surface area (Å²) in [6, 6.07) is 3.47. The number of amides is 1. The Balaban J connectivity index is 2.18. The molecule has 1 aliphatic heterocycles. The van der Waals surface area contributed by atoms with E-state index in [1.54, 1.807) is 11.0 Å². The van der Waals surface area contributed by atoms with Crippen molar-refractivity contribution in [2.75, 3.05) is 37.6 Å². The minimum Gasteiger partial charge on any atom is -0.311 e. The van der Waals surface area contributed by atoms with Gasteiger partial charge in [0.1, 0.15) is 4.90 Å². The van der Waals surface area contributed by atoms with Gasteiger partial charge in [-0.3, -0.25) is 4.79 Å². The minimum atomic E-state index is -3.70. The first-order chi connectivity index (χ1) is 12.3. The van der Waals surface area contributed by atoms with E-state index in [1.807, 2.05) is 6.07 Å². The molecule has 0 saturated carbocycles. The van der Waals surface area contributed by atoms with Crippen LogP contribution in [0.15, 0.2) is 21.5 Å². The number of rotatable bonds is 9. The Kier molecular flexibility index (Phi) is 7.63. The van der Waals surface area contributed by atoms with Gasteiger partial charge in [0.15, 0.2) is 0 Å². The number of halogens is 1. The van der Waals surface area contributed by atoms with Crippen molar-refractivity contribution >= 4 is 37.5 Å². The molecular formula is C18H28BrN3O3S. The average molecular weight is 446 g/mol. The van der Waals surface area contributed by atoms with Gasteiger partial charge < -0.3 is 9.80 Å². The molecule has 0 spiro atoms. The number of benzene rings is 1. The number of carbonyl (C=O) groups is 1. The van der Waals surface area contributed by atoms with Crippen molar-refractivity contribution in [3.63, 3.8) is 0 Å². The number of likely N-dealkylation sites (N-methyl/N-ethyl adjacent to an activating group) is 1. The second-order valence-electron chi connectivity index (χ2n) is 6.52. The molecule has 0 fully saturated rings. The first kappa shape index (κ1) is 21.3. The lowest BCUT2D eigenvalue weighted by Gasteiger charge is -2.22. The molecule has 146 valence electrons. The number of sulfonamides is 1. The lowest BCUT2D eigenvalue weighted by Crippen LogP contribution is -2.36. The SMILES string of the molecule is CCCCN(CC)CCNS(=O)(=O)c1cc(Br)cc2c1N(C(C)=O)CC2. The normalized spacial score (nSPS) is 14.1. The maximum absolute atomic E-state index is 12.9. The van der Waals surface area contributed by atoms with Gasteiger partial charge in [-0.05, 0) is 43.6 Å². The number of carbonyl (C=O) groups excluding carboxylic acids is 1. The topological polar surface area (TPSA) is 69.7 Å². The number of fused-ring (bicyclic) bond motifs is 1. The van der Waals surface area contributed by atoms with Gasteiger partial charge in [-0.1, -0.05) is 36.2 Å². The standard InChI is InChI=1S/C18H28BrN3O3S/c1-4-6-9-21(5-2)11-8-20-26(24,25)17-13-16(19)12-15-7-10-22(14(3)23)18(15)17/h12-13,20H,4-11H2,1-3H3. The number of unbranched alkanes of at least 4 members (excludes halogenated alkanes) is 1. The van der Waals surface area contributed by atoms with E-state index in [0.29, 0.717) is 36.2 Å². The predicted octanol–water partition coefficient (Wildman–Crippen LogP) is 2.76. The highest BCUT2D eigenvalue weighted by Gasteiger charge is 2.31. The third kappa shape index (κ3) is 5.06. The van der Waals surface area contributed by atoms with Crippen LogP contribution in [0, 0.1) is 0 Å². The average Bonchev–Trinajstić information content (AvgIpc) is 3.00. The molecule has 0 aliphatic carbocycles. The Morgan fingerprint density at radius 1 is 1.31 bits per heavy atom. The first-order valence-corrected chi connectivity index (χ1v) is 11.4. The van der Waals surface area contributed by atoms with Crippen LogP contribution in [-0.4, -0.2) is 51.9 Å². The first-order valence-electron chi connectivity index (χ1n) is 9.12. The fraction of sp³-hybridized carbons (Fsp3) is 0.611. The molecule has 2 rings (SSSR count). The molecule has 0 saturated heterocycles. The number of anilines is 1. The molecule has 1 aromatic rings. The summed E-state index contributed by atoms with van der Waals surface area (Å²) in [4.78, 5) is 15.9. The van der Waals surface area contributed by atoms with Gasteiger partial charge in [-0.2, -0.15) is 0 Å². The van der Waals surface area contributed by atoms with Crippen molar-refractivity contribution in [3.05, 3.63) is 22.2 Å². The zero-order valence-corrected chi connectivity index (χ0v) is 18.1. The van der Waals surface area contributed by atoms with Crippen LogP contribution < -0.4 is 9.62 Å². The highest BCUT2D eigenvalue weighted by molar-refractivity contribution is 9.10. The summed E-state index contributed by atoms with van der Waals surface area (Å²) in [6.45, 7) is 9.09. The summed E-state index contributed by atoms with van der Waals surface area (Å²) in [5, 5.41) is 0. The van der Waals surface area contributed by atoms with Crippen LogP contribution in [0.2, 0.25) is 0 Å². The molecule has 1 heterocycles. The highest BCUT2D eigenvalue weighted by atomic mass is 79.9. The summed E-state index contributed by atoms with van der Waals surface area (Å²) >= 11 is 3.39. The molecule has 0 atom stereocenters. The van der Waals surface area contributed by atoms with Crippen molar-refractivity contribution < 1.29 is 13.2 Å². The molecule has 1 N–H and O–H groups in total. The molecule has 26 heavy (non-hydrogen) atoms. The Bertz CT molecular complexity index is 752. The fourth-order valence-corrected chi connectivity index (χ4v) is 5.16. The number of nitrogens with one attached hydrogen (secondary N) is 1. The van der Waals surface area contributed by atoms with Crippen LogP contribution in [-0.2, 0) is 21.2 Å². The van der Waals surface area contributed by atoms with Crippen LogP contribution >= 0.6 is 15.9 Å². The molecule has 0 unspecified atom stereocenters. The highest BCUT2D eigenvalue weighted by Crippen LogP contribution is 2.37. The Hall–Kier alpha value is -0.960. The molecule has 0 bridgehead atoms. The molecule has 6 nitrogen and oxygen atoms in total. The third-order valence-corrected chi connectivity index (χ3v) is 6.59. The fourth-order valence-electron chi connectivity index (χ4n) is 3.21. The van der Waals surface area contributed by atoms with Crippen molar-refractivity contribution in [2.24, 2.45) is 0 Å². The van der Waals surface area contributed by atoms with Gasteiger partial charge in [0.2, 0.25) is 15.9 Å². The second kappa shape index (κ2) is 9.30. The molecule has 1 aliphatic rings. The summed E-state index contributed by atoms with van der Waals surface area (Å²) < 4.78 is 29.2. The Labute approximate surface area is 165 Å². The van der Waals surface area contributed by atoms with Gasteiger partial charge in [-0.15, -0.1) is 0 Å². The van der Waals surface area contributed by atoms with E-state index in [1.165, 1.54) is 6.92 Å². The van der Waals surface area contributed by atoms with E-state index in [9.17, 15) is 13.2 Å². The zero-order chi connectivity index (χ0) is 19.3. The smallest absolute Gasteiger partial charge is 0.242 e. The van der Waals surface area contributed by atoms with E-state index in [4.69, 9.17) is 0 Å². The summed E-state index contributed by atoms with van der Waals surface area (Å²) in [5.74, 6) is -0.140. The molecule has 8 heteroatoms. The maximum atomic E-state index is 12.9. The minimum absolute atomic E-state index is 0.140. The second-order valence-corrected chi connectivity index (χ2v) is 9.17. The monoisotopic (exact) mass is 445 g/mol. The van der Waals surface area contributed by atoms with Crippen molar-refractivity contribution in [1.82, 2.24) is 9.62 Å². The van der Waals surface area contributed by atoms with Crippen LogP contribution in [0.25, 0.3) is 0 Å². The summed E-state index contributed by atoms with van der Waals surface area (Å²) in [7, 11) is -3.70. The van der Waals surface area contributed by atoms with E-state index in [0.717, 1.165) is 31.5 Å². The predicted molar refractivity (Wildman–Crippen MR) is 108 cm³/mol. The summed E-state index contributed by atoms with van der Waals surface area (Å²) in [6.07, 6.45) is 2.89. The Morgan fingerprint density at radius 2 is 2.04 bits per heavy atom. The van der Waals surface area contributed by atoms with Crippen molar-refractivity contribution in [1.29, 1.82) is 0 Å². The lowest BCUT2D eigenvalue weighted by molar-refractivity contribution is -0.116. The van der Waals surface area contributed by atoms with E-state index in [-0.39, 0.29) is 10.8 Å². The van der Waals surface area contributed by atoms with Gasteiger partial charge in [0, 0.05) is 31.0 Å². The van der Waals surface area contributed by atoms with Crippen LogP contribution in [0.4, 0.5) is 5.69 Å². The van der Waals surface area contributed by atoms with Gasteiger partial charge in [0.05, 0.1) is 5.69 Å². The van der Waals surface area contributed by atoms with E-state index >= 15 is 0 Å². The Morgan fingerprint density at radius 3 is 2.65 bits per heavy atom. The quantitative estimate of drug-likeness (QED) is 0.634.